The van der Waals surface area contributed by atoms with E-state index in [1.165, 1.54) is 0 Å². The maximum Gasteiger partial charge on any atom is 0.290 e. The summed E-state index contributed by atoms with van der Waals surface area (Å²) in [7, 11) is 0. The number of carbonyl (C=O) groups is 2. The number of carbonyl (C=O) groups excluding carboxylic acids is 2. The maximum absolute atomic E-state index is 12.0. The van der Waals surface area contributed by atoms with Gasteiger partial charge in [0.1, 0.15) is 5.56 Å². The van der Waals surface area contributed by atoms with E-state index < -0.39 is 5.91 Å². The minimum absolute atomic E-state index is 0.107. The number of anilines is 1. The number of rotatable bonds is 4. The van der Waals surface area contributed by atoms with Crippen LogP contribution in [0, 0.1) is 6.92 Å². The molecule has 0 atom stereocenters. The van der Waals surface area contributed by atoms with Crippen LogP contribution in [0.2, 0.25) is 0 Å². The van der Waals surface area contributed by atoms with Crippen molar-refractivity contribution < 1.29 is 14.2 Å². The van der Waals surface area contributed by atoms with Crippen molar-refractivity contribution in [3.05, 3.63) is 58.3 Å². The zero-order chi connectivity index (χ0) is 15.4. The highest BCUT2D eigenvalue weighted by molar-refractivity contribution is 9.10. The fourth-order valence-corrected chi connectivity index (χ4v) is 2.10. The first-order valence-corrected chi connectivity index (χ1v) is 7.10. The quantitative estimate of drug-likeness (QED) is 0.826. The topological polar surface area (TPSA) is 76.1 Å². The zero-order valence-electron chi connectivity index (χ0n) is 11.5. The van der Waals surface area contributed by atoms with Crippen molar-refractivity contribution in [1.29, 1.82) is 0 Å². The Morgan fingerprint density at radius 2 is 2.10 bits per heavy atom. The van der Waals surface area contributed by atoms with E-state index in [-0.39, 0.29) is 12.5 Å². The molecule has 6 heteroatoms. The molecule has 3 N–H and O–H groups in total. The summed E-state index contributed by atoms with van der Waals surface area (Å²) in [6, 6.07) is 8.86. The highest BCUT2D eigenvalue weighted by Gasteiger charge is 2.12. The molecular formula is C15H15BrN3O2+. The standard InChI is InChI=1S/C15H14BrN3O2/c1-10-7-12(4-5-13(10)16)18-14(20)9-19-6-2-3-11(8-19)15(17)21/h2-8H,9H2,1H3,(H2-,17,18,20,21)/p+1. The van der Waals surface area contributed by atoms with Gasteiger partial charge in [-0.1, -0.05) is 15.9 Å². The summed E-state index contributed by atoms with van der Waals surface area (Å²) >= 11 is 3.41. The second-order valence-electron chi connectivity index (χ2n) is 4.64. The van der Waals surface area contributed by atoms with Crippen molar-refractivity contribution in [2.24, 2.45) is 5.73 Å². The first-order valence-electron chi connectivity index (χ1n) is 6.30. The predicted octanol–water partition coefficient (Wildman–Crippen LogP) is 1.78. The van der Waals surface area contributed by atoms with E-state index in [2.05, 4.69) is 21.2 Å². The van der Waals surface area contributed by atoms with Crippen LogP contribution in [0.4, 0.5) is 5.69 Å². The number of aromatic nitrogens is 1. The molecule has 21 heavy (non-hydrogen) atoms. The van der Waals surface area contributed by atoms with Crippen molar-refractivity contribution in [3.8, 4) is 0 Å². The molecule has 5 nitrogen and oxygen atoms in total. The molecule has 0 aliphatic carbocycles. The lowest BCUT2D eigenvalue weighted by Crippen LogP contribution is -2.40. The van der Waals surface area contributed by atoms with Crippen molar-refractivity contribution >= 4 is 33.4 Å². The second-order valence-corrected chi connectivity index (χ2v) is 5.50. The van der Waals surface area contributed by atoms with Gasteiger partial charge in [0, 0.05) is 16.2 Å². The van der Waals surface area contributed by atoms with Gasteiger partial charge in [0.05, 0.1) is 0 Å². The molecule has 108 valence electrons. The van der Waals surface area contributed by atoms with Gasteiger partial charge in [-0.3, -0.25) is 9.59 Å². The summed E-state index contributed by atoms with van der Waals surface area (Å²) in [5, 5.41) is 2.81. The lowest BCUT2D eigenvalue weighted by atomic mass is 10.2. The van der Waals surface area contributed by atoms with Gasteiger partial charge in [0.25, 0.3) is 11.8 Å². The smallest absolute Gasteiger partial charge is 0.290 e. The van der Waals surface area contributed by atoms with E-state index in [0.29, 0.717) is 5.56 Å². The van der Waals surface area contributed by atoms with Gasteiger partial charge in [0.2, 0.25) is 6.54 Å². The van der Waals surface area contributed by atoms with Crippen LogP contribution in [0.1, 0.15) is 15.9 Å². The first kappa shape index (κ1) is 15.2. The summed E-state index contributed by atoms with van der Waals surface area (Å²) in [5.41, 5.74) is 7.34. The number of primary amides is 1. The van der Waals surface area contributed by atoms with Crippen LogP contribution < -0.4 is 15.6 Å². The molecule has 2 amide bonds. The van der Waals surface area contributed by atoms with Crippen LogP contribution in [-0.4, -0.2) is 11.8 Å². The van der Waals surface area contributed by atoms with Crippen LogP contribution >= 0.6 is 15.9 Å². The van der Waals surface area contributed by atoms with Crippen molar-refractivity contribution in [2.75, 3.05) is 5.32 Å². The molecule has 0 saturated heterocycles. The van der Waals surface area contributed by atoms with Gasteiger partial charge >= 0.3 is 0 Å². The molecule has 0 radical (unpaired) electrons. The van der Waals surface area contributed by atoms with E-state index in [4.69, 9.17) is 5.73 Å². The zero-order valence-corrected chi connectivity index (χ0v) is 13.1. The van der Waals surface area contributed by atoms with Crippen molar-refractivity contribution in [3.63, 3.8) is 0 Å². The summed E-state index contributed by atoms with van der Waals surface area (Å²) in [6.07, 6.45) is 3.26. The van der Waals surface area contributed by atoms with Crippen molar-refractivity contribution in [2.45, 2.75) is 13.5 Å². The van der Waals surface area contributed by atoms with Crippen LogP contribution in [0.25, 0.3) is 0 Å². The molecule has 1 heterocycles. The Labute approximate surface area is 130 Å². The van der Waals surface area contributed by atoms with Crippen LogP contribution in [0.3, 0.4) is 0 Å². The molecule has 0 aliphatic rings. The summed E-state index contributed by atoms with van der Waals surface area (Å²) < 4.78 is 2.60. The Kier molecular flexibility index (Phi) is 4.70. The van der Waals surface area contributed by atoms with Gasteiger partial charge in [-0.25, -0.2) is 0 Å². The molecule has 0 fully saturated rings. The molecule has 1 aromatic heterocycles. The monoisotopic (exact) mass is 348 g/mol. The summed E-state index contributed by atoms with van der Waals surface area (Å²) in [5.74, 6) is -0.698. The molecule has 0 bridgehead atoms. The molecule has 0 spiro atoms. The minimum atomic E-state index is -0.520. The van der Waals surface area contributed by atoms with Gasteiger partial charge < -0.3 is 11.1 Å². The van der Waals surface area contributed by atoms with Crippen LogP contribution in [0.5, 0.6) is 0 Å². The van der Waals surface area contributed by atoms with E-state index >= 15 is 0 Å². The van der Waals surface area contributed by atoms with E-state index in [1.54, 1.807) is 29.1 Å². The molecule has 2 rings (SSSR count). The number of nitrogens with one attached hydrogen (secondary N) is 1. The molecule has 2 aromatic rings. The second kappa shape index (κ2) is 6.49. The predicted molar refractivity (Wildman–Crippen MR) is 82.7 cm³/mol. The third-order valence-electron chi connectivity index (χ3n) is 2.91. The number of benzene rings is 1. The Bertz CT molecular complexity index is 701. The Balaban J connectivity index is 2.06. The molecule has 0 unspecified atom stereocenters. The third-order valence-corrected chi connectivity index (χ3v) is 3.80. The van der Waals surface area contributed by atoms with Gasteiger partial charge in [-0.15, -0.1) is 0 Å². The van der Waals surface area contributed by atoms with Crippen LogP contribution in [-0.2, 0) is 11.3 Å². The Hall–Kier alpha value is -2.21. The lowest BCUT2D eigenvalue weighted by molar-refractivity contribution is -0.684. The highest BCUT2D eigenvalue weighted by Crippen LogP contribution is 2.19. The van der Waals surface area contributed by atoms with Crippen LogP contribution in [0.15, 0.2) is 47.2 Å². The van der Waals surface area contributed by atoms with Crippen molar-refractivity contribution in [1.82, 2.24) is 0 Å². The van der Waals surface area contributed by atoms with Gasteiger partial charge in [-0.05, 0) is 36.8 Å². The van der Waals surface area contributed by atoms with E-state index in [0.717, 1.165) is 15.7 Å². The molecular weight excluding hydrogens is 334 g/mol. The number of amides is 2. The fourth-order valence-electron chi connectivity index (χ4n) is 1.85. The SMILES string of the molecule is Cc1cc(NC(=O)C[n+]2cccc(C(N)=O)c2)ccc1Br. The van der Waals surface area contributed by atoms with Gasteiger partial charge in [0.15, 0.2) is 12.4 Å². The maximum atomic E-state index is 12.0. The van der Waals surface area contributed by atoms with E-state index in [9.17, 15) is 9.59 Å². The number of halogens is 1. The Morgan fingerprint density at radius 1 is 1.33 bits per heavy atom. The summed E-state index contributed by atoms with van der Waals surface area (Å²) in [6.45, 7) is 2.06. The first-order chi connectivity index (χ1) is 9.95. The fraction of sp³-hybridized carbons (Fsp3) is 0.133. The van der Waals surface area contributed by atoms with Gasteiger partial charge in [-0.2, -0.15) is 4.57 Å². The highest BCUT2D eigenvalue weighted by atomic mass is 79.9. The molecule has 0 saturated carbocycles. The largest absolute Gasteiger partial charge is 0.365 e. The normalized spacial score (nSPS) is 10.2. The average molecular weight is 349 g/mol. The number of nitrogens with zero attached hydrogens (tertiary/aromatic N) is 1. The summed E-state index contributed by atoms with van der Waals surface area (Å²) in [4.78, 5) is 23.1. The average Bonchev–Trinajstić information content (AvgIpc) is 2.43. The number of pyridine rings is 1. The lowest BCUT2D eigenvalue weighted by Gasteiger charge is -2.05. The third kappa shape index (κ3) is 4.13. The molecule has 1 aromatic carbocycles. The number of hydrogen-bond donors (Lipinski definition) is 2. The van der Waals surface area contributed by atoms with E-state index in [1.807, 2.05) is 25.1 Å². The Morgan fingerprint density at radius 3 is 2.76 bits per heavy atom. The molecule has 0 aliphatic heterocycles. The number of aryl methyl sites for hydroxylation is 1. The number of nitrogens with two attached hydrogens (primary N) is 1. The minimum Gasteiger partial charge on any atom is -0.365 e. The number of hydrogen-bond acceptors (Lipinski definition) is 2.